The van der Waals surface area contributed by atoms with Gasteiger partial charge in [0.1, 0.15) is 6.61 Å². The van der Waals surface area contributed by atoms with Gasteiger partial charge in [-0.25, -0.2) is 0 Å². The van der Waals surface area contributed by atoms with Gasteiger partial charge in [0.2, 0.25) is 5.91 Å². The number of benzene rings is 2. The van der Waals surface area contributed by atoms with Crippen LogP contribution in [0.25, 0.3) is 0 Å². The van der Waals surface area contributed by atoms with Gasteiger partial charge in [0, 0.05) is 12.2 Å². The van der Waals surface area contributed by atoms with E-state index in [0.717, 1.165) is 16.8 Å². The molecular weight excluding hydrogens is 412 g/mol. The molecule has 8 heteroatoms. The number of hydrogen-bond acceptors (Lipinski definition) is 6. The summed E-state index contributed by atoms with van der Waals surface area (Å²) in [5.74, 6) is 2.15. The molecule has 0 spiro atoms. The van der Waals surface area contributed by atoms with Gasteiger partial charge in [0.15, 0.2) is 28.6 Å². The zero-order valence-electron chi connectivity index (χ0n) is 17.5. The highest BCUT2D eigenvalue weighted by Crippen LogP contribution is 2.36. The average molecular weight is 437 g/mol. The smallest absolute Gasteiger partial charge is 0.234 e. The maximum atomic E-state index is 12.5. The van der Waals surface area contributed by atoms with Crippen LogP contribution in [0.2, 0.25) is 0 Å². The summed E-state index contributed by atoms with van der Waals surface area (Å²) < 4.78 is 13.8. The van der Waals surface area contributed by atoms with Gasteiger partial charge in [-0.2, -0.15) is 0 Å². The van der Waals surface area contributed by atoms with E-state index in [2.05, 4.69) is 28.2 Å². The molecule has 0 radical (unpaired) electrons. The molecular formula is C23H24N4O3S. The number of para-hydroxylation sites is 2. The van der Waals surface area contributed by atoms with Gasteiger partial charge in [0.25, 0.3) is 0 Å². The van der Waals surface area contributed by atoms with Crippen LogP contribution >= 0.6 is 11.8 Å². The van der Waals surface area contributed by atoms with Crippen molar-refractivity contribution in [3.05, 3.63) is 72.1 Å². The highest BCUT2D eigenvalue weighted by Gasteiger charge is 2.28. The molecule has 31 heavy (non-hydrogen) atoms. The summed E-state index contributed by atoms with van der Waals surface area (Å²) in [4.78, 5) is 12.5. The number of fused-ring (bicyclic) bond motifs is 1. The van der Waals surface area contributed by atoms with Crippen molar-refractivity contribution in [2.24, 2.45) is 0 Å². The van der Waals surface area contributed by atoms with Crippen LogP contribution in [0.4, 0.5) is 5.69 Å². The van der Waals surface area contributed by atoms with Crippen molar-refractivity contribution in [2.45, 2.75) is 31.7 Å². The molecule has 1 N–H and O–H groups in total. The first-order valence-corrected chi connectivity index (χ1v) is 11.0. The zero-order valence-corrected chi connectivity index (χ0v) is 18.3. The fourth-order valence-electron chi connectivity index (χ4n) is 3.47. The predicted octanol–water partition coefficient (Wildman–Crippen LogP) is 4.32. The van der Waals surface area contributed by atoms with E-state index in [1.807, 2.05) is 54.8 Å². The van der Waals surface area contributed by atoms with Crippen molar-refractivity contribution in [1.82, 2.24) is 14.8 Å². The fraction of sp³-hybridized carbons (Fsp3) is 0.261. The summed E-state index contributed by atoms with van der Waals surface area (Å²) in [6.07, 6.45) is 1.38. The van der Waals surface area contributed by atoms with E-state index in [4.69, 9.17) is 9.47 Å². The molecule has 1 unspecified atom stereocenters. The Morgan fingerprint density at radius 2 is 1.97 bits per heavy atom. The van der Waals surface area contributed by atoms with Gasteiger partial charge >= 0.3 is 0 Å². The van der Waals surface area contributed by atoms with Gasteiger partial charge in [-0.15, -0.1) is 16.8 Å². The summed E-state index contributed by atoms with van der Waals surface area (Å²) >= 11 is 1.33. The Balaban J connectivity index is 1.45. The molecule has 0 bridgehead atoms. The Morgan fingerprint density at radius 3 is 2.71 bits per heavy atom. The third-order valence-corrected chi connectivity index (χ3v) is 5.66. The van der Waals surface area contributed by atoms with E-state index < -0.39 is 0 Å². The summed E-state index contributed by atoms with van der Waals surface area (Å²) in [5, 5.41) is 12.2. The van der Waals surface area contributed by atoms with Crippen LogP contribution in [0.3, 0.4) is 0 Å². The van der Waals surface area contributed by atoms with Crippen LogP contribution in [0.1, 0.15) is 23.1 Å². The van der Waals surface area contributed by atoms with Gasteiger partial charge < -0.3 is 14.8 Å². The second-order valence-corrected chi connectivity index (χ2v) is 8.26. The number of carbonyl (C=O) groups excluding carboxylic acids is 1. The number of aromatic nitrogens is 3. The van der Waals surface area contributed by atoms with E-state index in [9.17, 15) is 4.79 Å². The van der Waals surface area contributed by atoms with E-state index in [0.29, 0.717) is 35.6 Å². The summed E-state index contributed by atoms with van der Waals surface area (Å²) in [5.41, 5.74) is 3.01. The molecule has 2 aromatic carbocycles. The van der Waals surface area contributed by atoms with Crippen LogP contribution in [0.5, 0.6) is 11.5 Å². The monoisotopic (exact) mass is 436 g/mol. The fourth-order valence-corrected chi connectivity index (χ4v) is 4.22. The van der Waals surface area contributed by atoms with Crippen molar-refractivity contribution >= 4 is 23.4 Å². The van der Waals surface area contributed by atoms with Gasteiger partial charge in [0.05, 0.1) is 5.75 Å². The lowest BCUT2D eigenvalue weighted by molar-refractivity contribution is -0.113. The maximum absolute atomic E-state index is 12.5. The van der Waals surface area contributed by atoms with Crippen LogP contribution < -0.4 is 14.8 Å². The number of amides is 1. The van der Waals surface area contributed by atoms with Gasteiger partial charge in [-0.3, -0.25) is 9.36 Å². The van der Waals surface area contributed by atoms with E-state index in [-0.39, 0.29) is 17.8 Å². The van der Waals surface area contributed by atoms with Crippen molar-refractivity contribution < 1.29 is 14.3 Å². The normalized spacial score (nSPS) is 14.8. The highest BCUT2D eigenvalue weighted by atomic mass is 32.2. The quantitative estimate of drug-likeness (QED) is 0.439. The number of ether oxygens (including phenoxy) is 2. The summed E-state index contributed by atoms with van der Waals surface area (Å²) in [6, 6.07) is 13.5. The molecule has 160 valence electrons. The number of aryl methyl sites for hydroxylation is 2. The topological polar surface area (TPSA) is 78.3 Å². The van der Waals surface area contributed by atoms with Crippen LogP contribution in [-0.2, 0) is 11.3 Å². The molecule has 1 aliphatic heterocycles. The number of nitrogens with zero attached hydrogens (tertiary/aromatic N) is 3. The molecule has 1 atom stereocenters. The largest absolute Gasteiger partial charge is 0.485 e. The first-order valence-electron chi connectivity index (χ1n) is 9.97. The highest BCUT2D eigenvalue weighted by molar-refractivity contribution is 7.99. The van der Waals surface area contributed by atoms with E-state index >= 15 is 0 Å². The molecule has 3 aromatic rings. The molecule has 2 heterocycles. The maximum Gasteiger partial charge on any atom is 0.234 e. The van der Waals surface area contributed by atoms with Crippen LogP contribution in [0.15, 0.2) is 60.3 Å². The standard InChI is InChI=1S/C23H24N4O3S/c1-4-9-27-22(20-13-29-18-7-5-6-8-19(18)30-20)25-26-23(27)31-14-21(28)24-17-11-15(2)10-16(3)12-17/h4-8,10-12,20H,1,9,13-14H2,2-3H3,(H,24,28). The SMILES string of the molecule is C=CCn1c(SCC(=O)Nc2cc(C)cc(C)c2)nnc1C1COc2ccccc2O1. The van der Waals surface area contributed by atoms with Crippen molar-refractivity contribution in [3.63, 3.8) is 0 Å². The number of allylic oxidation sites excluding steroid dienone is 1. The first kappa shape index (κ1) is 21.0. The molecule has 1 aliphatic rings. The number of carbonyl (C=O) groups is 1. The lowest BCUT2D eigenvalue weighted by atomic mass is 10.1. The molecule has 1 amide bonds. The molecule has 0 aliphatic carbocycles. The summed E-state index contributed by atoms with van der Waals surface area (Å²) in [7, 11) is 0. The Kier molecular flexibility index (Phi) is 6.27. The number of thioether (sulfide) groups is 1. The molecule has 0 fully saturated rings. The van der Waals surface area contributed by atoms with Crippen molar-refractivity contribution in [3.8, 4) is 11.5 Å². The number of hydrogen-bond donors (Lipinski definition) is 1. The number of nitrogens with one attached hydrogen (secondary N) is 1. The number of anilines is 1. The number of rotatable bonds is 7. The van der Waals surface area contributed by atoms with Crippen LogP contribution in [-0.4, -0.2) is 33.0 Å². The molecule has 4 rings (SSSR count). The first-order chi connectivity index (χ1) is 15.0. The molecule has 7 nitrogen and oxygen atoms in total. The van der Waals surface area contributed by atoms with E-state index in [1.54, 1.807) is 6.08 Å². The van der Waals surface area contributed by atoms with Crippen LogP contribution in [0, 0.1) is 13.8 Å². The minimum absolute atomic E-state index is 0.101. The predicted molar refractivity (Wildman–Crippen MR) is 121 cm³/mol. The Bertz CT molecular complexity index is 1090. The van der Waals surface area contributed by atoms with Gasteiger partial charge in [-0.1, -0.05) is 36.0 Å². The van der Waals surface area contributed by atoms with Gasteiger partial charge in [-0.05, 0) is 49.2 Å². The Labute approximate surface area is 185 Å². The van der Waals surface area contributed by atoms with E-state index in [1.165, 1.54) is 11.8 Å². The summed E-state index contributed by atoms with van der Waals surface area (Å²) in [6.45, 7) is 8.68. The lowest BCUT2D eigenvalue weighted by Gasteiger charge is -2.26. The second-order valence-electron chi connectivity index (χ2n) is 7.32. The molecule has 0 saturated carbocycles. The molecule has 1 aromatic heterocycles. The zero-order chi connectivity index (χ0) is 21.8. The van der Waals surface area contributed by atoms with Crippen molar-refractivity contribution in [2.75, 3.05) is 17.7 Å². The van der Waals surface area contributed by atoms with Crippen molar-refractivity contribution in [1.29, 1.82) is 0 Å². The third kappa shape index (κ3) is 4.91. The second kappa shape index (κ2) is 9.26. The Morgan fingerprint density at radius 1 is 1.23 bits per heavy atom. The Hall–Kier alpha value is -3.26. The average Bonchev–Trinajstić information content (AvgIpc) is 3.14. The lowest BCUT2D eigenvalue weighted by Crippen LogP contribution is -2.25. The molecule has 0 saturated heterocycles. The minimum Gasteiger partial charge on any atom is -0.485 e. The third-order valence-electron chi connectivity index (χ3n) is 4.69. The minimum atomic E-state index is -0.388.